The zero-order valence-corrected chi connectivity index (χ0v) is 19.7. The van der Waals surface area contributed by atoms with Gasteiger partial charge in [-0.15, -0.1) is 0 Å². The van der Waals surface area contributed by atoms with E-state index in [1.165, 1.54) is 35.5 Å². The van der Waals surface area contributed by atoms with Crippen LogP contribution in [0.2, 0.25) is 0 Å². The van der Waals surface area contributed by atoms with Crippen molar-refractivity contribution in [3.63, 3.8) is 0 Å². The highest BCUT2D eigenvalue weighted by molar-refractivity contribution is 7.94. The Kier molecular flexibility index (Phi) is 7.56. The summed E-state index contributed by atoms with van der Waals surface area (Å²) < 4.78 is 13.6. The number of ether oxygens (including phenoxy) is 1. The summed E-state index contributed by atoms with van der Waals surface area (Å²) in [6.45, 7) is 3.35. The Morgan fingerprint density at radius 2 is 1.91 bits per heavy atom. The van der Waals surface area contributed by atoms with Crippen molar-refractivity contribution in [3.8, 4) is 11.3 Å². The maximum absolute atomic E-state index is 12.4. The van der Waals surface area contributed by atoms with E-state index in [1.807, 2.05) is 43.5 Å². The first kappa shape index (κ1) is 23.5. The van der Waals surface area contributed by atoms with E-state index < -0.39 is 5.97 Å². The summed E-state index contributed by atoms with van der Waals surface area (Å²) in [6.07, 6.45) is 3.58. The van der Waals surface area contributed by atoms with Crippen LogP contribution in [0.3, 0.4) is 0 Å². The SMILES string of the molecule is COC(=O)c1cccc(Cn2nc(-c3cnn(CCOSc4ccc(C)cc4)c3)ccc2=O)c1. The molecule has 2 heterocycles. The maximum atomic E-state index is 12.4. The molecule has 0 amide bonds. The summed E-state index contributed by atoms with van der Waals surface area (Å²) in [6, 6.07) is 18.2. The molecule has 2 aromatic carbocycles. The molecular weight excluding hydrogens is 452 g/mol. The van der Waals surface area contributed by atoms with E-state index >= 15 is 0 Å². The van der Waals surface area contributed by atoms with Gasteiger partial charge in [-0.05, 0) is 42.8 Å². The predicted molar refractivity (Wildman–Crippen MR) is 130 cm³/mol. The quantitative estimate of drug-likeness (QED) is 0.205. The summed E-state index contributed by atoms with van der Waals surface area (Å²) >= 11 is 1.34. The zero-order chi connectivity index (χ0) is 23.9. The number of aryl methyl sites for hydroxylation is 1. The zero-order valence-electron chi connectivity index (χ0n) is 18.9. The fourth-order valence-electron chi connectivity index (χ4n) is 3.26. The number of benzene rings is 2. The van der Waals surface area contributed by atoms with Crippen LogP contribution >= 0.6 is 12.0 Å². The van der Waals surface area contributed by atoms with Crippen LogP contribution in [0.1, 0.15) is 21.5 Å². The topological polar surface area (TPSA) is 88.2 Å². The second-order valence-electron chi connectivity index (χ2n) is 7.62. The Balaban J connectivity index is 1.39. The lowest BCUT2D eigenvalue weighted by molar-refractivity contribution is 0.0600. The summed E-state index contributed by atoms with van der Waals surface area (Å²) in [4.78, 5) is 25.2. The van der Waals surface area contributed by atoms with E-state index in [0.717, 1.165) is 16.0 Å². The van der Waals surface area contributed by atoms with Gasteiger partial charge in [0.2, 0.25) is 0 Å². The number of nitrogens with zero attached hydrogens (tertiary/aromatic N) is 4. The Bertz CT molecular complexity index is 1330. The van der Waals surface area contributed by atoms with Gasteiger partial charge in [0.25, 0.3) is 5.56 Å². The normalized spacial score (nSPS) is 10.9. The van der Waals surface area contributed by atoms with Crippen LogP contribution in [-0.2, 0) is 22.0 Å². The fourth-order valence-corrected chi connectivity index (χ4v) is 3.80. The van der Waals surface area contributed by atoms with Crippen molar-refractivity contribution >= 4 is 18.0 Å². The molecule has 0 N–H and O–H groups in total. The minimum atomic E-state index is -0.426. The van der Waals surface area contributed by atoms with E-state index in [-0.39, 0.29) is 12.1 Å². The van der Waals surface area contributed by atoms with Crippen molar-refractivity contribution in [1.29, 1.82) is 0 Å². The molecule has 9 heteroatoms. The second-order valence-corrected chi connectivity index (χ2v) is 8.49. The van der Waals surface area contributed by atoms with Crippen LogP contribution in [0.4, 0.5) is 0 Å². The molecule has 4 rings (SSSR count). The van der Waals surface area contributed by atoms with Crippen molar-refractivity contribution < 1.29 is 13.7 Å². The number of hydrogen-bond acceptors (Lipinski definition) is 7. The molecule has 0 saturated heterocycles. The molecule has 0 unspecified atom stereocenters. The van der Waals surface area contributed by atoms with Crippen molar-refractivity contribution in [2.75, 3.05) is 13.7 Å². The molecule has 0 atom stereocenters. The molecule has 174 valence electrons. The van der Waals surface area contributed by atoms with E-state index in [4.69, 9.17) is 8.92 Å². The van der Waals surface area contributed by atoms with Gasteiger partial charge < -0.3 is 8.92 Å². The smallest absolute Gasteiger partial charge is 0.337 e. The van der Waals surface area contributed by atoms with Crippen LogP contribution in [0.25, 0.3) is 11.3 Å². The third kappa shape index (κ3) is 6.00. The lowest BCUT2D eigenvalue weighted by atomic mass is 10.1. The summed E-state index contributed by atoms with van der Waals surface area (Å²) in [5, 5.41) is 8.86. The molecule has 8 nitrogen and oxygen atoms in total. The second kappa shape index (κ2) is 11.0. The molecule has 0 spiro atoms. The van der Waals surface area contributed by atoms with Crippen molar-refractivity contribution in [3.05, 3.63) is 100 Å². The molecule has 0 radical (unpaired) electrons. The summed E-state index contributed by atoms with van der Waals surface area (Å²) in [5.74, 6) is -0.426. The average molecular weight is 477 g/mol. The largest absolute Gasteiger partial charge is 0.465 e. The van der Waals surface area contributed by atoms with Crippen molar-refractivity contribution in [2.45, 2.75) is 24.9 Å². The monoisotopic (exact) mass is 476 g/mol. The molecule has 0 aliphatic rings. The van der Waals surface area contributed by atoms with Crippen LogP contribution < -0.4 is 5.56 Å². The molecule has 0 aliphatic heterocycles. The molecule has 0 saturated carbocycles. The molecule has 0 fully saturated rings. The first-order chi connectivity index (χ1) is 16.5. The van der Waals surface area contributed by atoms with Crippen LogP contribution in [0.15, 0.2) is 82.7 Å². The number of carbonyl (C=O) groups excluding carboxylic acids is 1. The number of esters is 1. The molecule has 0 bridgehead atoms. The highest BCUT2D eigenvalue weighted by atomic mass is 32.2. The van der Waals surface area contributed by atoms with E-state index in [2.05, 4.69) is 10.2 Å². The summed E-state index contributed by atoms with van der Waals surface area (Å²) in [7, 11) is 1.33. The average Bonchev–Trinajstić information content (AvgIpc) is 3.33. The third-order valence-corrected chi connectivity index (χ3v) is 5.81. The van der Waals surface area contributed by atoms with Gasteiger partial charge in [0.1, 0.15) is 0 Å². The lowest BCUT2D eigenvalue weighted by Gasteiger charge is -2.08. The van der Waals surface area contributed by atoms with Gasteiger partial charge in [-0.25, -0.2) is 9.48 Å². The van der Waals surface area contributed by atoms with Crippen LogP contribution in [0.5, 0.6) is 0 Å². The highest BCUT2D eigenvalue weighted by Gasteiger charge is 2.09. The Labute approximate surface area is 201 Å². The van der Waals surface area contributed by atoms with Crippen molar-refractivity contribution in [1.82, 2.24) is 19.6 Å². The standard InChI is InChI=1S/C25H24N4O4S/c1-18-6-8-22(9-7-18)34-33-13-12-28-17-21(15-26-28)23-10-11-24(30)29(27-23)16-19-4-3-5-20(14-19)25(31)32-2/h3-11,14-15,17H,12-13,16H2,1-2H3. The molecular formula is C25H24N4O4S. The van der Waals surface area contributed by atoms with Crippen LogP contribution in [0, 0.1) is 6.92 Å². The maximum Gasteiger partial charge on any atom is 0.337 e. The molecule has 34 heavy (non-hydrogen) atoms. The first-order valence-electron chi connectivity index (χ1n) is 10.7. The fraction of sp³-hybridized carbons (Fsp3) is 0.200. The lowest BCUT2D eigenvalue weighted by Crippen LogP contribution is -2.23. The number of rotatable bonds is 9. The highest BCUT2D eigenvalue weighted by Crippen LogP contribution is 2.20. The van der Waals surface area contributed by atoms with Gasteiger partial charge in [0.15, 0.2) is 0 Å². The minimum Gasteiger partial charge on any atom is -0.465 e. The number of carbonyl (C=O) groups is 1. The van der Waals surface area contributed by atoms with Gasteiger partial charge in [-0.2, -0.15) is 10.2 Å². The predicted octanol–water partition coefficient (Wildman–Crippen LogP) is 3.97. The summed E-state index contributed by atoms with van der Waals surface area (Å²) in [5.41, 5.74) is 3.60. The molecule has 4 aromatic rings. The van der Waals surface area contributed by atoms with E-state index in [1.54, 1.807) is 35.1 Å². The van der Waals surface area contributed by atoms with Gasteiger partial charge >= 0.3 is 5.97 Å². The third-order valence-electron chi connectivity index (χ3n) is 5.06. The molecule has 2 aromatic heterocycles. The number of hydrogen-bond donors (Lipinski definition) is 0. The minimum absolute atomic E-state index is 0.232. The van der Waals surface area contributed by atoms with Gasteiger partial charge in [-0.3, -0.25) is 9.48 Å². The van der Waals surface area contributed by atoms with Gasteiger partial charge in [-0.1, -0.05) is 29.8 Å². The van der Waals surface area contributed by atoms with Crippen LogP contribution in [-0.4, -0.2) is 39.2 Å². The van der Waals surface area contributed by atoms with E-state index in [0.29, 0.717) is 24.4 Å². The van der Waals surface area contributed by atoms with Gasteiger partial charge in [0.05, 0.1) is 44.3 Å². The Morgan fingerprint density at radius 1 is 1.09 bits per heavy atom. The van der Waals surface area contributed by atoms with Gasteiger partial charge in [0, 0.05) is 34.8 Å². The molecule has 0 aliphatic carbocycles. The Morgan fingerprint density at radius 3 is 2.71 bits per heavy atom. The first-order valence-corrected chi connectivity index (χ1v) is 11.4. The Hall–Kier alpha value is -3.69. The van der Waals surface area contributed by atoms with Crippen molar-refractivity contribution in [2.24, 2.45) is 0 Å². The van der Waals surface area contributed by atoms with E-state index in [9.17, 15) is 9.59 Å². The number of aromatic nitrogens is 4. The number of methoxy groups -OCH3 is 1.